The first-order valence-electron chi connectivity index (χ1n) is 9.82. The van der Waals surface area contributed by atoms with E-state index in [2.05, 4.69) is 31.0 Å². The van der Waals surface area contributed by atoms with Crippen molar-refractivity contribution in [3.63, 3.8) is 0 Å². The van der Waals surface area contributed by atoms with Gasteiger partial charge in [0, 0.05) is 25.2 Å². The van der Waals surface area contributed by atoms with Gasteiger partial charge in [0.2, 0.25) is 11.6 Å². The fourth-order valence-corrected chi connectivity index (χ4v) is 3.04. The summed E-state index contributed by atoms with van der Waals surface area (Å²) in [5.41, 5.74) is 4.94. The van der Waals surface area contributed by atoms with E-state index in [1.807, 2.05) is 0 Å². The van der Waals surface area contributed by atoms with Crippen molar-refractivity contribution in [2.45, 2.75) is 6.42 Å². The van der Waals surface area contributed by atoms with Gasteiger partial charge in [-0.15, -0.1) is 0 Å². The minimum Gasteiger partial charge on any atom is -0.497 e. The molecule has 0 unspecified atom stereocenters. The lowest BCUT2D eigenvalue weighted by Crippen LogP contribution is -2.37. The molecule has 0 aliphatic carbocycles. The molecule has 1 aliphatic rings. The van der Waals surface area contributed by atoms with E-state index in [9.17, 15) is 14.9 Å². The summed E-state index contributed by atoms with van der Waals surface area (Å²) in [4.78, 5) is 33.5. The van der Waals surface area contributed by atoms with Crippen LogP contribution in [0, 0.1) is 10.1 Å². The van der Waals surface area contributed by atoms with E-state index in [1.165, 1.54) is 13.4 Å². The molecule has 1 amide bonds. The molecular weight excluding hydrogens is 406 g/mol. The Hall–Kier alpha value is -3.51. The molecule has 12 heteroatoms. The summed E-state index contributed by atoms with van der Waals surface area (Å²) >= 11 is 0. The number of aromatic nitrogens is 2. The quantitative estimate of drug-likeness (QED) is 0.286. The molecular formula is C19H25N7O5. The predicted molar refractivity (Wildman–Crippen MR) is 113 cm³/mol. The summed E-state index contributed by atoms with van der Waals surface area (Å²) in [6.45, 7) is 4.58. The van der Waals surface area contributed by atoms with Crippen LogP contribution in [0.1, 0.15) is 16.8 Å². The van der Waals surface area contributed by atoms with Crippen molar-refractivity contribution in [3.05, 3.63) is 46.3 Å². The third-order valence-electron chi connectivity index (χ3n) is 4.70. The summed E-state index contributed by atoms with van der Waals surface area (Å²) < 4.78 is 10.4. The minimum atomic E-state index is -0.591. The van der Waals surface area contributed by atoms with Crippen LogP contribution in [0.4, 0.5) is 17.3 Å². The molecule has 0 spiro atoms. The number of hydrazine groups is 1. The van der Waals surface area contributed by atoms with Gasteiger partial charge in [0.15, 0.2) is 0 Å². The zero-order valence-corrected chi connectivity index (χ0v) is 17.2. The Kier molecular flexibility index (Phi) is 7.90. The van der Waals surface area contributed by atoms with E-state index in [0.717, 1.165) is 39.3 Å². The molecule has 1 saturated heterocycles. The Morgan fingerprint density at radius 2 is 1.94 bits per heavy atom. The number of nitrogens with zero attached hydrogens (tertiary/aromatic N) is 4. The van der Waals surface area contributed by atoms with E-state index < -0.39 is 10.8 Å². The second-order valence-corrected chi connectivity index (χ2v) is 6.72. The minimum absolute atomic E-state index is 0.0863. The van der Waals surface area contributed by atoms with Crippen molar-refractivity contribution >= 4 is 23.2 Å². The van der Waals surface area contributed by atoms with Gasteiger partial charge in [-0.3, -0.25) is 30.7 Å². The number of carbonyl (C=O) groups excluding carboxylic acids is 1. The molecule has 2 aromatic rings. The summed E-state index contributed by atoms with van der Waals surface area (Å²) in [6.07, 6.45) is 1.98. The lowest BCUT2D eigenvalue weighted by atomic mass is 10.2. The van der Waals surface area contributed by atoms with Crippen molar-refractivity contribution in [2.24, 2.45) is 0 Å². The number of benzene rings is 1. The van der Waals surface area contributed by atoms with Crippen molar-refractivity contribution in [1.82, 2.24) is 20.3 Å². The first-order chi connectivity index (χ1) is 15.1. The summed E-state index contributed by atoms with van der Waals surface area (Å²) in [5.74, 6) is 0.108. The van der Waals surface area contributed by atoms with Gasteiger partial charge < -0.3 is 14.8 Å². The molecule has 12 nitrogen and oxygen atoms in total. The van der Waals surface area contributed by atoms with Gasteiger partial charge in [-0.05, 0) is 37.2 Å². The summed E-state index contributed by atoms with van der Waals surface area (Å²) in [6, 6.07) is 6.43. The highest BCUT2D eigenvalue weighted by Gasteiger charge is 2.23. The number of anilines is 2. The highest BCUT2D eigenvalue weighted by Crippen LogP contribution is 2.28. The van der Waals surface area contributed by atoms with Gasteiger partial charge in [-0.25, -0.2) is 9.97 Å². The van der Waals surface area contributed by atoms with Crippen molar-refractivity contribution in [2.75, 3.05) is 57.2 Å². The lowest BCUT2D eigenvalue weighted by Gasteiger charge is -2.26. The molecule has 0 bridgehead atoms. The van der Waals surface area contributed by atoms with Crippen molar-refractivity contribution in [3.8, 4) is 5.75 Å². The van der Waals surface area contributed by atoms with Crippen LogP contribution >= 0.6 is 0 Å². The van der Waals surface area contributed by atoms with Crippen LogP contribution in [-0.4, -0.2) is 72.2 Å². The maximum atomic E-state index is 12.3. The smallest absolute Gasteiger partial charge is 0.354 e. The molecule has 0 atom stereocenters. The monoisotopic (exact) mass is 431 g/mol. The standard InChI is InChI=1S/C19H25N7O5/c1-30-15-5-3-14(4-6-15)19(27)24-23-18-16(26(28)29)17(21-13-22-18)20-7-2-8-25-9-11-31-12-10-25/h3-6,13H,2,7-12H2,1H3,(H,24,27)(H2,20,21,22,23). The molecule has 0 saturated carbocycles. The van der Waals surface area contributed by atoms with E-state index in [0.29, 0.717) is 17.9 Å². The number of nitro groups is 1. The first-order valence-corrected chi connectivity index (χ1v) is 9.82. The molecule has 31 heavy (non-hydrogen) atoms. The predicted octanol–water partition coefficient (Wildman–Crippen LogP) is 1.28. The Bertz CT molecular complexity index is 888. The Morgan fingerprint density at radius 1 is 1.23 bits per heavy atom. The molecule has 1 aromatic carbocycles. The number of rotatable bonds is 10. The number of carbonyl (C=O) groups is 1. The van der Waals surface area contributed by atoms with Gasteiger partial charge in [0.1, 0.15) is 12.1 Å². The first kappa shape index (κ1) is 22.2. The summed E-state index contributed by atoms with van der Waals surface area (Å²) in [7, 11) is 1.53. The number of morpholine rings is 1. The number of hydrogen-bond donors (Lipinski definition) is 3. The molecule has 3 rings (SSSR count). The fourth-order valence-electron chi connectivity index (χ4n) is 3.04. The second kappa shape index (κ2) is 11.0. The Morgan fingerprint density at radius 3 is 2.61 bits per heavy atom. The zero-order chi connectivity index (χ0) is 22.1. The highest BCUT2D eigenvalue weighted by atomic mass is 16.6. The normalized spacial score (nSPS) is 14.0. The molecule has 0 radical (unpaired) electrons. The van der Waals surface area contributed by atoms with Crippen molar-refractivity contribution in [1.29, 1.82) is 0 Å². The van der Waals surface area contributed by atoms with Crippen LogP contribution in [0.3, 0.4) is 0 Å². The lowest BCUT2D eigenvalue weighted by molar-refractivity contribution is -0.383. The van der Waals surface area contributed by atoms with E-state index >= 15 is 0 Å². The fraction of sp³-hybridized carbons (Fsp3) is 0.421. The molecule has 3 N–H and O–H groups in total. The summed E-state index contributed by atoms with van der Waals surface area (Å²) in [5, 5.41) is 14.6. The van der Waals surface area contributed by atoms with Crippen LogP contribution < -0.4 is 20.9 Å². The van der Waals surface area contributed by atoms with Gasteiger partial charge >= 0.3 is 5.69 Å². The van der Waals surface area contributed by atoms with Crippen LogP contribution in [0.5, 0.6) is 5.75 Å². The topological polar surface area (TPSA) is 144 Å². The number of nitrogens with one attached hydrogen (secondary N) is 3. The van der Waals surface area contributed by atoms with Crippen LogP contribution in [0.2, 0.25) is 0 Å². The molecule has 1 aromatic heterocycles. The Labute approximate surface area is 179 Å². The average Bonchev–Trinajstić information content (AvgIpc) is 2.80. The van der Waals surface area contributed by atoms with Crippen LogP contribution in [0.15, 0.2) is 30.6 Å². The van der Waals surface area contributed by atoms with Crippen molar-refractivity contribution < 1.29 is 19.2 Å². The SMILES string of the molecule is COc1ccc(C(=O)NNc2ncnc(NCCCN3CCOCC3)c2[N+](=O)[O-])cc1. The van der Waals surface area contributed by atoms with Gasteiger partial charge in [0.25, 0.3) is 5.91 Å². The van der Waals surface area contributed by atoms with E-state index in [-0.39, 0.29) is 17.3 Å². The zero-order valence-electron chi connectivity index (χ0n) is 17.2. The van der Waals surface area contributed by atoms with Gasteiger partial charge in [-0.1, -0.05) is 0 Å². The second-order valence-electron chi connectivity index (χ2n) is 6.72. The maximum absolute atomic E-state index is 12.3. The number of amides is 1. The molecule has 166 valence electrons. The molecule has 1 fully saturated rings. The van der Waals surface area contributed by atoms with Gasteiger partial charge in [-0.2, -0.15) is 0 Å². The number of hydrogen-bond acceptors (Lipinski definition) is 10. The number of ether oxygens (including phenoxy) is 2. The number of methoxy groups -OCH3 is 1. The highest BCUT2D eigenvalue weighted by molar-refractivity contribution is 5.95. The van der Waals surface area contributed by atoms with Gasteiger partial charge in [0.05, 0.1) is 25.2 Å². The van der Waals surface area contributed by atoms with E-state index in [4.69, 9.17) is 9.47 Å². The average molecular weight is 431 g/mol. The van der Waals surface area contributed by atoms with E-state index in [1.54, 1.807) is 24.3 Å². The van der Waals surface area contributed by atoms with Crippen LogP contribution in [0.25, 0.3) is 0 Å². The molecule has 1 aliphatic heterocycles. The maximum Gasteiger partial charge on any atom is 0.354 e. The third-order valence-corrected chi connectivity index (χ3v) is 4.70. The Balaban J connectivity index is 1.58. The molecule has 2 heterocycles. The largest absolute Gasteiger partial charge is 0.497 e. The third kappa shape index (κ3) is 6.23. The van der Waals surface area contributed by atoms with Crippen LogP contribution in [-0.2, 0) is 4.74 Å².